The van der Waals surface area contributed by atoms with Crippen molar-refractivity contribution in [2.24, 2.45) is 5.92 Å². The maximum absolute atomic E-state index is 11.7. The number of nitriles is 1. The topological polar surface area (TPSA) is 129 Å². The molecule has 0 radical (unpaired) electrons. The van der Waals surface area contributed by atoms with Crippen molar-refractivity contribution in [2.45, 2.75) is 26.0 Å². The van der Waals surface area contributed by atoms with E-state index in [1.165, 1.54) is 0 Å². The van der Waals surface area contributed by atoms with Gasteiger partial charge < -0.3 is 20.5 Å². The van der Waals surface area contributed by atoms with Crippen molar-refractivity contribution in [2.75, 3.05) is 6.54 Å². The Hall–Kier alpha value is -3.08. The second kappa shape index (κ2) is 9.84. The molecule has 1 rings (SSSR count). The number of carbonyl (C=O) groups is 3. The molecule has 3 N–H and O–H groups in total. The molecule has 0 aliphatic rings. The van der Waals surface area contributed by atoms with Crippen LogP contribution in [0.15, 0.2) is 30.3 Å². The molecule has 24 heavy (non-hydrogen) atoms. The van der Waals surface area contributed by atoms with Gasteiger partial charge in [-0.2, -0.15) is 5.26 Å². The lowest BCUT2D eigenvalue weighted by Gasteiger charge is -2.19. The molecule has 0 fully saturated rings. The van der Waals surface area contributed by atoms with E-state index in [1.54, 1.807) is 31.2 Å². The summed E-state index contributed by atoms with van der Waals surface area (Å²) in [5, 5.41) is 22.2. The van der Waals surface area contributed by atoms with E-state index < -0.39 is 36.5 Å². The lowest BCUT2D eigenvalue weighted by atomic mass is 9.99. The first-order chi connectivity index (χ1) is 11.4. The van der Waals surface area contributed by atoms with Gasteiger partial charge in [-0.05, 0) is 5.56 Å². The molecule has 2 atom stereocenters. The highest BCUT2D eigenvalue weighted by Gasteiger charge is 2.26. The van der Waals surface area contributed by atoms with Crippen LogP contribution < -0.4 is 10.6 Å². The quantitative estimate of drug-likeness (QED) is 0.652. The van der Waals surface area contributed by atoms with Crippen LogP contribution in [0.1, 0.15) is 18.9 Å². The van der Waals surface area contributed by atoms with Crippen LogP contribution in [0.25, 0.3) is 0 Å². The Kier molecular flexibility index (Phi) is 7.78. The monoisotopic (exact) mass is 333 g/mol. The molecule has 8 heteroatoms. The number of rotatable bonds is 8. The summed E-state index contributed by atoms with van der Waals surface area (Å²) in [7, 11) is 0. The number of hydrogen-bond acceptors (Lipinski definition) is 5. The fourth-order valence-corrected chi connectivity index (χ4v) is 1.86. The minimum atomic E-state index is -1.24. The molecular formula is C16H19N3O5. The van der Waals surface area contributed by atoms with Gasteiger partial charge in [0, 0.05) is 12.3 Å². The van der Waals surface area contributed by atoms with E-state index in [0.717, 1.165) is 5.56 Å². The number of aliphatic carboxylic acids is 1. The third-order valence-corrected chi connectivity index (χ3v) is 3.17. The number of nitrogens with zero attached hydrogens (tertiary/aromatic N) is 1. The molecule has 2 amide bonds. The fourth-order valence-electron chi connectivity index (χ4n) is 1.86. The van der Waals surface area contributed by atoms with Gasteiger partial charge in [0.1, 0.15) is 19.2 Å². The number of alkyl carbamates (subject to hydrolysis) is 1. The molecule has 0 unspecified atom stereocenters. The molecule has 0 saturated carbocycles. The van der Waals surface area contributed by atoms with Crippen molar-refractivity contribution in [1.29, 1.82) is 5.26 Å². The minimum absolute atomic E-state index is 0.0101. The van der Waals surface area contributed by atoms with Gasteiger partial charge in [0.05, 0.1) is 6.07 Å². The van der Waals surface area contributed by atoms with Crippen LogP contribution >= 0.6 is 0 Å². The van der Waals surface area contributed by atoms with Crippen LogP contribution in [0.2, 0.25) is 0 Å². The van der Waals surface area contributed by atoms with Crippen molar-refractivity contribution in [3.63, 3.8) is 0 Å². The Balaban J connectivity index is 2.37. The zero-order valence-corrected chi connectivity index (χ0v) is 13.2. The van der Waals surface area contributed by atoms with Gasteiger partial charge in [0.25, 0.3) is 0 Å². The number of benzene rings is 1. The van der Waals surface area contributed by atoms with Crippen LogP contribution in [0.5, 0.6) is 0 Å². The van der Waals surface area contributed by atoms with Crippen LogP contribution in [0.4, 0.5) is 4.79 Å². The number of ether oxygens (including phenoxy) is 1. The zero-order valence-electron chi connectivity index (χ0n) is 13.2. The lowest BCUT2D eigenvalue weighted by Crippen LogP contribution is -2.48. The third-order valence-electron chi connectivity index (χ3n) is 3.17. The molecule has 0 spiro atoms. The Morgan fingerprint density at radius 2 is 1.96 bits per heavy atom. The van der Waals surface area contributed by atoms with E-state index in [-0.39, 0.29) is 13.0 Å². The van der Waals surface area contributed by atoms with Gasteiger partial charge in [-0.3, -0.25) is 4.79 Å². The van der Waals surface area contributed by atoms with E-state index in [4.69, 9.17) is 15.1 Å². The Morgan fingerprint density at radius 3 is 2.54 bits per heavy atom. The second-order valence-electron chi connectivity index (χ2n) is 5.14. The fraction of sp³-hybridized carbons (Fsp3) is 0.375. The summed E-state index contributed by atoms with van der Waals surface area (Å²) in [5.74, 6) is -2.47. The van der Waals surface area contributed by atoms with E-state index in [9.17, 15) is 14.4 Å². The van der Waals surface area contributed by atoms with E-state index >= 15 is 0 Å². The third kappa shape index (κ3) is 6.79. The van der Waals surface area contributed by atoms with Crippen molar-refractivity contribution in [1.82, 2.24) is 10.6 Å². The molecule has 0 bridgehead atoms. The van der Waals surface area contributed by atoms with Crippen LogP contribution in [0.3, 0.4) is 0 Å². The SMILES string of the molecule is C[C@H](CC#N)[C@H](NC(=O)CNC(=O)OCc1ccccc1)C(=O)O. The molecule has 0 heterocycles. The van der Waals surface area contributed by atoms with Crippen LogP contribution in [0, 0.1) is 17.2 Å². The van der Waals surface area contributed by atoms with Gasteiger partial charge in [-0.25, -0.2) is 9.59 Å². The minimum Gasteiger partial charge on any atom is -0.480 e. The summed E-state index contributed by atoms with van der Waals surface area (Å²) in [6.45, 7) is 1.19. The maximum atomic E-state index is 11.7. The second-order valence-corrected chi connectivity index (χ2v) is 5.14. The first-order valence-corrected chi connectivity index (χ1v) is 7.27. The van der Waals surface area contributed by atoms with Crippen molar-refractivity contribution >= 4 is 18.0 Å². The molecule has 0 aliphatic carbocycles. The summed E-state index contributed by atoms with van der Waals surface area (Å²) in [6.07, 6.45) is -0.796. The molecule has 8 nitrogen and oxygen atoms in total. The summed E-state index contributed by atoms with van der Waals surface area (Å²) in [6, 6.07) is 9.67. The van der Waals surface area contributed by atoms with E-state index in [1.807, 2.05) is 12.1 Å². The van der Waals surface area contributed by atoms with E-state index in [2.05, 4.69) is 10.6 Å². The van der Waals surface area contributed by atoms with E-state index in [0.29, 0.717) is 0 Å². The highest BCUT2D eigenvalue weighted by molar-refractivity contribution is 5.86. The molecule has 1 aromatic carbocycles. The number of nitrogens with one attached hydrogen (secondary N) is 2. The number of hydrogen-bond donors (Lipinski definition) is 3. The first-order valence-electron chi connectivity index (χ1n) is 7.27. The van der Waals surface area contributed by atoms with Crippen molar-refractivity contribution in [3.05, 3.63) is 35.9 Å². The standard InChI is InChI=1S/C16H19N3O5/c1-11(7-8-17)14(15(21)22)19-13(20)9-18-16(23)24-10-12-5-3-2-4-6-12/h2-6,11,14H,7,9-10H2,1H3,(H,18,23)(H,19,20)(H,21,22)/t11-,14+/m1/s1. The average molecular weight is 333 g/mol. The molecule has 0 aromatic heterocycles. The highest BCUT2D eigenvalue weighted by atomic mass is 16.5. The molecule has 0 saturated heterocycles. The number of carbonyl (C=O) groups excluding carboxylic acids is 2. The van der Waals surface area contributed by atoms with Gasteiger partial charge in [-0.1, -0.05) is 37.3 Å². The van der Waals surface area contributed by atoms with Crippen molar-refractivity contribution in [3.8, 4) is 6.07 Å². The summed E-state index contributed by atoms with van der Waals surface area (Å²) in [5.41, 5.74) is 0.799. The average Bonchev–Trinajstić information content (AvgIpc) is 2.56. The van der Waals surface area contributed by atoms with Crippen LogP contribution in [-0.2, 0) is 20.9 Å². The van der Waals surface area contributed by atoms with Gasteiger partial charge in [-0.15, -0.1) is 0 Å². The Labute approximate surface area is 139 Å². The van der Waals surface area contributed by atoms with Gasteiger partial charge in [0.15, 0.2) is 0 Å². The zero-order chi connectivity index (χ0) is 17.9. The number of carboxylic acids is 1. The smallest absolute Gasteiger partial charge is 0.407 e. The lowest BCUT2D eigenvalue weighted by molar-refractivity contribution is -0.143. The van der Waals surface area contributed by atoms with Gasteiger partial charge in [0.2, 0.25) is 5.91 Å². The largest absolute Gasteiger partial charge is 0.480 e. The summed E-state index contributed by atoms with van der Waals surface area (Å²) >= 11 is 0. The maximum Gasteiger partial charge on any atom is 0.407 e. The number of carboxylic acid groups (broad SMARTS) is 1. The highest BCUT2D eigenvalue weighted by Crippen LogP contribution is 2.07. The predicted molar refractivity (Wildman–Crippen MR) is 83.6 cm³/mol. The van der Waals surface area contributed by atoms with Crippen LogP contribution in [-0.4, -0.2) is 35.7 Å². The summed E-state index contributed by atoms with van der Waals surface area (Å²) in [4.78, 5) is 34.3. The van der Waals surface area contributed by atoms with Gasteiger partial charge >= 0.3 is 12.1 Å². The summed E-state index contributed by atoms with van der Waals surface area (Å²) < 4.78 is 4.93. The van der Waals surface area contributed by atoms with Crippen molar-refractivity contribution < 1.29 is 24.2 Å². The molecule has 1 aromatic rings. The number of amides is 2. The Morgan fingerprint density at radius 1 is 1.29 bits per heavy atom. The predicted octanol–water partition coefficient (Wildman–Crippen LogP) is 1.03. The normalized spacial score (nSPS) is 12.3. The molecule has 0 aliphatic heterocycles. The molecule has 128 valence electrons. The molecular weight excluding hydrogens is 314 g/mol. The first kappa shape index (κ1) is 19.0. The Bertz CT molecular complexity index is 612.